The van der Waals surface area contributed by atoms with Crippen molar-refractivity contribution in [1.82, 2.24) is 15.1 Å². The average Bonchev–Trinajstić information content (AvgIpc) is 2.45. The summed E-state index contributed by atoms with van der Waals surface area (Å²) in [6.45, 7) is 2.96. The first kappa shape index (κ1) is 15.0. The summed E-state index contributed by atoms with van der Waals surface area (Å²) in [6.07, 6.45) is 0. The molecule has 0 atom stereocenters. The molecular weight excluding hydrogens is 276 g/mol. The first-order valence-electron chi connectivity index (χ1n) is 6.56. The molecule has 0 bridgehead atoms. The van der Waals surface area contributed by atoms with Crippen LogP contribution in [0.15, 0.2) is 24.3 Å². The van der Waals surface area contributed by atoms with Crippen LogP contribution in [0.5, 0.6) is 0 Å². The molecule has 0 unspecified atom stereocenters. The van der Waals surface area contributed by atoms with Crippen molar-refractivity contribution in [3.05, 3.63) is 29.4 Å². The largest absolute Gasteiger partial charge is 0.378 e. The standard InChI is InChI=1S/C14H19ClN4O/c1-19(2)8-10-20-9-7-16-14-12-6-4-3-5-11(12)13(15)17-18-14/h3-6H,7-10H2,1-2H3,(H,16,18). The zero-order valence-electron chi connectivity index (χ0n) is 11.8. The topological polar surface area (TPSA) is 50.3 Å². The summed E-state index contributed by atoms with van der Waals surface area (Å²) in [6, 6.07) is 7.80. The van der Waals surface area contributed by atoms with Gasteiger partial charge in [0.1, 0.15) is 0 Å². The summed E-state index contributed by atoms with van der Waals surface area (Å²) in [4.78, 5) is 2.09. The Kier molecular flexibility index (Phi) is 5.52. The number of anilines is 1. The van der Waals surface area contributed by atoms with Crippen molar-refractivity contribution in [2.75, 3.05) is 45.7 Å². The quantitative estimate of drug-likeness (QED) is 0.794. The van der Waals surface area contributed by atoms with Crippen LogP contribution in [-0.2, 0) is 4.74 Å². The Labute approximate surface area is 123 Å². The molecule has 2 aromatic rings. The summed E-state index contributed by atoms with van der Waals surface area (Å²) >= 11 is 6.03. The van der Waals surface area contributed by atoms with Gasteiger partial charge in [-0.25, -0.2) is 0 Å². The Morgan fingerprint density at radius 2 is 1.90 bits per heavy atom. The fourth-order valence-corrected chi connectivity index (χ4v) is 2.00. The molecule has 1 N–H and O–H groups in total. The number of rotatable bonds is 7. The molecule has 0 saturated carbocycles. The van der Waals surface area contributed by atoms with Crippen LogP contribution in [0.1, 0.15) is 0 Å². The Morgan fingerprint density at radius 1 is 1.15 bits per heavy atom. The van der Waals surface area contributed by atoms with Gasteiger partial charge in [-0.2, -0.15) is 0 Å². The van der Waals surface area contributed by atoms with E-state index in [1.807, 2.05) is 38.4 Å². The van der Waals surface area contributed by atoms with E-state index in [9.17, 15) is 0 Å². The third-order valence-corrected chi connectivity index (χ3v) is 3.14. The molecule has 0 amide bonds. The van der Waals surface area contributed by atoms with Gasteiger partial charge < -0.3 is 15.0 Å². The molecule has 1 aromatic carbocycles. The SMILES string of the molecule is CN(C)CCOCCNc1nnc(Cl)c2ccccc12. The lowest BCUT2D eigenvalue weighted by molar-refractivity contribution is 0.126. The lowest BCUT2D eigenvalue weighted by atomic mass is 10.2. The maximum Gasteiger partial charge on any atom is 0.159 e. The van der Waals surface area contributed by atoms with Crippen LogP contribution in [0.3, 0.4) is 0 Å². The Bertz CT molecular complexity index is 562. The van der Waals surface area contributed by atoms with Crippen LogP contribution in [0.4, 0.5) is 5.82 Å². The van der Waals surface area contributed by atoms with E-state index < -0.39 is 0 Å². The van der Waals surface area contributed by atoms with Crippen molar-refractivity contribution in [2.45, 2.75) is 0 Å². The molecule has 108 valence electrons. The summed E-state index contributed by atoms with van der Waals surface area (Å²) in [5, 5.41) is 13.6. The molecule has 0 aliphatic rings. The minimum Gasteiger partial charge on any atom is -0.378 e. The predicted octanol–water partition coefficient (Wildman–Crippen LogP) is 2.27. The van der Waals surface area contributed by atoms with E-state index in [0.29, 0.717) is 18.3 Å². The lowest BCUT2D eigenvalue weighted by Gasteiger charge is -2.11. The normalized spacial score (nSPS) is 11.2. The number of halogens is 1. The van der Waals surface area contributed by atoms with Crippen LogP contribution in [0.2, 0.25) is 5.15 Å². The summed E-state index contributed by atoms with van der Waals surface area (Å²) in [5.74, 6) is 0.737. The van der Waals surface area contributed by atoms with Gasteiger partial charge in [-0.3, -0.25) is 0 Å². The fourth-order valence-electron chi connectivity index (χ4n) is 1.79. The first-order valence-corrected chi connectivity index (χ1v) is 6.93. The van der Waals surface area contributed by atoms with Gasteiger partial charge in [0.05, 0.1) is 13.2 Å². The molecule has 0 radical (unpaired) electrons. The minimum atomic E-state index is 0.424. The van der Waals surface area contributed by atoms with E-state index >= 15 is 0 Å². The number of fused-ring (bicyclic) bond motifs is 1. The Balaban J connectivity index is 1.89. The Hall–Kier alpha value is -1.43. The number of hydrogen-bond donors (Lipinski definition) is 1. The predicted molar refractivity (Wildman–Crippen MR) is 82.4 cm³/mol. The van der Waals surface area contributed by atoms with Crippen molar-refractivity contribution in [2.24, 2.45) is 0 Å². The van der Waals surface area contributed by atoms with Crippen LogP contribution < -0.4 is 5.32 Å². The molecule has 0 fully saturated rings. The van der Waals surface area contributed by atoms with Crippen molar-refractivity contribution in [1.29, 1.82) is 0 Å². The van der Waals surface area contributed by atoms with Gasteiger partial charge in [0.2, 0.25) is 0 Å². The first-order chi connectivity index (χ1) is 9.68. The van der Waals surface area contributed by atoms with Crippen molar-refractivity contribution in [3.63, 3.8) is 0 Å². The monoisotopic (exact) mass is 294 g/mol. The van der Waals surface area contributed by atoms with Gasteiger partial charge in [0, 0.05) is 23.9 Å². The number of likely N-dealkylation sites (N-methyl/N-ethyl adjacent to an activating group) is 1. The number of hydrogen-bond acceptors (Lipinski definition) is 5. The van der Waals surface area contributed by atoms with E-state index in [1.165, 1.54) is 0 Å². The van der Waals surface area contributed by atoms with Gasteiger partial charge in [-0.15, -0.1) is 10.2 Å². The lowest BCUT2D eigenvalue weighted by Crippen LogP contribution is -2.20. The van der Waals surface area contributed by atoms with E-state index in [2.05, 4.69) is 20.4 Å². The highest BCUT2D eigenvalue weighted by Crippen LogP contribution is 2.25. The number of benzene rings is 1. The van der Waals surface area contributed by atoms with Crippen LogP contribution >= 0.6 is 11.6 Å². The second kappa shape index (κ2) is 7.38. The molecule has 1 heterocycles. The molecule has 0 saturated heterocycles. The maximum absolute atomic E-state index is 6.03. The van der Waals surface area contributed by atoms with Gasteiger partial charge in [-0.1, -0.05) is 35.9 Å². The molecule has 6 heteroatoms. The molecule has 0 aliphatic carbocycles. The maximum atomic E-state index is 6.03. The third-order valence-electron chi connectivity index (χ3n) is 2.86. The van der Waals surface area contributed by atoms with Crippen LogP contribution in [-0.4, -0.2) is 55.5 Å². The summed E-state index contributed by atoms with van der Waals surface area (Å²) in [7, 11) is 4.05. The summed E-state index contributed by atoms with van der Waals surface area (Å²) in [5.41, 5.74) is 0. The van der Waals surface area contributed by atoms with E-state index in [0.717, 1.165) is 29.7 Å². The highest BCUT2D eigenvalue weighted by molar-refractivity contribution is 6.34. The summed E-state index contributed by atoms with van der Waals surface area (Å²) < 4.78 is 5.52. The minimum absolute atomic E-state index is 0.424. The van der Waals surface area contributed by atoms with E-state index in [1.54, 1.807) is 0 Å². The third kappa shape index (κ3) is 4.03. The van der Waals surface area contributed by atoms with Gasteiger partial charge in [0.15, 0.2) is 11.0 Å². The van der Waals surface area contributed by atoms with E-state index in [-0.39, 0.29) is 0 Å². The van der Waals surface area contributed by atoms with Crippen molar-refractivity contribution >= 4 is 28.2 Å². The highest BCUT2D eigenvalue weighted by atomic mass is 35.5. The Morgan fingerprint density at radius 3 is 2.65 bits per heavy atom. The van der Waals surface area contributed by atoms with E-state index in [4.69, 9.17) is 16.3 Å². The number of nitrogens with zero attached hydrogens (tertiary/aromatic N) is 3. The van der Waals surface area contributed by atoms with Crippen molar-refractivity contribution < 1.29 is 4.74 Å². The van der Waals surface area contributed by atoms with Gasteiger partial charge in [-0.05, 0) is 14.1 Å². The van der Waals surface area contributed by atoms with Crippen molar-refractivity contribution in [3.8, 4) is 0 Å². The number of nitrogens with one attached hydrogen (secondary N) is 1. The zero-order chi connectivity index (χ0) is 14.4. The molecular formula is C14H19ClN4O. The van der Waals surface area contributed by atoms with Crippen LogP contribution in [0.25, 0.3) is 10.8 Å². The second-order valence-electron chi connectivity index (χ2n) is 4.73. The smallest absolute Gasteiger partial charge is 0.159 e. The number of ether oxygens (including phenoxy) is 1. The highest BCUT2D eigenvalue weighted by Gasteiger charge is 2.06. The fraction of sp³-hybridized carbons (Fsp3) is 0.429. The molecule has 0 spiro atoms. The second-order valence-corrected chi connectivity index (χ2v) is 5.09. The number of aromatic nitrogens is 2. The van der Waals surface area contributed by atoms with Gasteiger partial charge in [0.25, 0.3) is 0 Å². The van der Waals surface area contributed by atoms with Gasteiger partial charge >= 0.3 is 0 Å². The molecule has 0 aliphatic heterocycles. The molecule has 5 nitrogen and oxygen atoms in total. The zero-order valence-corrected chi connectivity index (χ0v) is 12.5. The molecule has 1 aromatic heterocycles. The van der Waals surface area contributed by atoms with Crippen LogP contribution in [0, 0.1) is 0 Å². The average molecular weight is 295 g/mol. The molecule has 20 heavy (non-hydrogen) atoms. The molecule has 2 rings (SSSR count).